The van der Waals surface area contributed by atoms with E-state index >= 15 is 0 Å². The minimum atomic E-state index is -0.0707. The Morgan fingerprint density at radius 2 is 0.591 bits per heavy atom. The van der Waals surface area contributed by atoms with Crippen LogP contribution in [0.15, 0.2) is 0 Å². The summed E-state index contributed by atoms with van der Waals surface area (Å²) in [6.45, 7) is 13.5. The highest BCUT2D eigenvalue weighted by Gasteiger charge is 2.36. The molecule has 0 aliphatic carbocycles. The Morgan fingerprint density at radius 1 is 0.409 bits per heavy atom. The molecule has 134 valence electrons. The van der Waals surface area contributed by atoms with Crippen LogP contribution in [0.25, 0.3) is 0 Å². The van der Waals surface area contributed by atoms with E-state index < -0.39 is 0 Å². The van der Waals surface area contributed by atoms with Gasteiger partial charge in [-0.1, -0.05) is 80.1 Å². The zero-order valence-corrected chi connectivity index (χ0v) is 16.3. The van der Waals surface area contributed by atoms with Crippen molar-refractivity contribution in [1.29, 1.82) is 0 Å². The first-order valence-corrected chi connectivity index (χ1v) is 9.94. The van der Waals surface area contributed by atoms with Crippen molar-refractivity contribution in [3.8, 4) is 0 Å². The fourth-order valence-corrected chi connectivity index (χ4v) is 3.91. The van der Waals surface area contributed by atoms with E-state index in [1.54, 1.807) is 0 Å². The molecule has 0 heterocycles. The molecule has 0 fully saturated rings. The van der Waals surface area contributed by atoms with E-state index in [-0.39, 0.29) is 11.2 Å². The highest BCUT2D eigenvalue weighted by Crippen LogP contribution is 2.36. The predicted octanol–water partition coefficient (Wildman–Crippen LogP) is 7.21. The molecule has 0 bridgehead atoms. The van der Waals surface area contributed by atoms with Crippen LogP contribution < -0.4 is 0 Å². The molecule has 0 saturated carbocycles. The highest BCUT2D eigenvalue weighted by atomic mass is 17.2. The molecule has 0 rings (SSSR count). The molecule has 2 nitrogen and oxygen atoms in total. The van der Waals surface area contributed by atoms with E-state index in [2.05, 4.69) is 41.5 Å². The Labute approximate surface area is 140 Å². The standard InChI is InChI=1S/C20H42O2/c1-7-13-19(14-8-2,15-9-3)21-22-20(16-10-4,17-11-5)18-12-6/h7-18H2,1-6H3. The molecule has 0 aliphatic rings. The largest absolute Gasteiger partial charge is 0.229 e. The summed E-state index contributed by atoms with van der Waals surface area (Å²) in [5, 5.41) is 0. The van der Waals surface area contributed by atoms with Crippen molar-refractivity contribution in [2.45, 2.75) is 130 Å². The quantitative estimate of drug-likeness (QED) is 0.235. The van der Waals surface area contributed by atoms with Gasteiger partial charge in [-0.15, -0.1) is 0 Å². The van der Waals surface area contributed by atoms with Crippen molar-refractivity contribution in [2.75, 3.05) is 0 Å². The summed E-state index contributed by atoms with van der Waals surface area (Å²) in [6, 6.07) is 0. The lowest BCUT2D eigenvalue weighted by atomic mass is 9.87. The van der Waals surface area contributed by atoms with Crippen molar-refractivity contribution in [2.24, 2.45) is 0 Å². The molecule has 0 N–H and O–H groups in total. The average molecular weight is 315 g/mol. The monoisotopic (exact) mass is 314 g/mol. The first-order valence-electron chi connectivity index (χ1n) is 9.94. The second-order valence-electron chi connectivity index (χ2n) is 7.03. The van der Waals surface area contributed by atoms with Crippen LogP contribution in [0.5, 0.6) is 0 Å². The van der Waals surface area contributed by atoms with Crippen LogP contribution in [0.2, 0.25) is 0 Å². The maximum atomic E-state index is 6.27. The summed E-state index contributed by atoms with van der Waals surface area (Å²) in [6.07, 6.45) is 13.6. The summed E-state index contributed by atoms with van der Waals surface area (Å²) >= 11 is 0. The van der Waals surface area contributed by atoms with Gasteiger partial charge in [-0.25, -0.2) is 9.78 Å². The number of hydrogen-bond donors (Lipinski definition) is 0. The third-order valence-electron chi connectivity index (χ3n) is 4.63. The third-order valence-corrected chi connectivity index (χ3v) is 4.63. The van der Waals surface area contributed by atoms with Gasteiger partial charge >= 0.3 is 0 Å². The van der Waals surface area contributed by atoms with E-state index in [0.29, 0.717) is 0 Å². The Balaban J connectivity index is 5.04. The Bertz CT molecular complexity index is 190. The minimum absolute atomic E-state index is 0.0707. The first kappa shape index (κ1) is 21.9. The predicted molar refractivity (Wildman–Crippen MR) is 97.1 cm³/mol. The molecule has 0 amide bonds. The van der Waals surface area contributed by atoms with Crippen molar-refractivity contribution in [3.63, 3.8) is 0 Å². The van der Waals surface area contributed by atoms with Gasteiger partial charge in [0.1, 0.15) is 11.2 Å². The van der Waals surface area contributed by atoms with Crippen LogP contribution in [0.4, 0.5) is 0 Å². The molecular weight excluding hydrogens is 272 g/mol. The fourth-order valence-electron chi connectivity index (χ4n) is 3.91. The molecule has 0 spiro atoms. The molecule has 0 atom stereocenters. The summed E-state index contributed by atoms with van der Waals surface area (Å²) < 4.78 is 0. The fraction of sp³-hybridized carbons (Fsp3) is 1.00. The van der Waals surface area contributed by atoms with Crippen LogP contribution >= 0.6 is 0 Å². The van der Waals surface area contributed by atoms with Gasteiger partial charge in [0, 0.05) is 0 Å². The van der Waals surface area contributed by atoms with Gasteiger partial charge in [0.05, 0.1) is 0 Å². The van der Waals surface area contributed by atoms with Gasteiger partial charge in [0.15, 0.2) is 0 Å². The zero-order chi connectivity index (χ0) is 16.9. The maximum absolute atomic E-state index is 6.27. The van der Waals surface area contributed by atoms with Gasteiger partial charge in [0.25, 0.3) is 0 Å². The number of hydrogen-bond acceptors (Lipinski definition) is 2. The van der Waals surface area contributed by atoms with Crippen molar-refractivity contribution in [3.05, 3.63) is 0 Å². The molecule has 0 aliphatic heterocycles. The molecule has 22 heavy (non-hydrogen) atoms. The molecule has 0 unspecified atom stereocenters. The lowest BCUT2D eigenvalue weighted by Gasteiger charge is -2.39. The topological polar surface area (TPSA) is 18.5 Å². The molecule has 0 aromatic carbocycles. The normalized spacial score (nSPS) is 12.8. The molecule has 2 heteroatoms. The molecule has 0 aromatic heterocycles. The summed E-state index contributed by atoms with van der Waals surface area (Å²) in [5.41, 5.74) is -0.141. The highest BCUT2D eigenvalue weighted by molar-refractivity contribution is 4.81. The third kappa shape index (κ3) is 7.46. The smallest absolute Gasteiger partial charge is 0.104 e. The van der Waals surface area contributed by atoms with Crippen molar-refractivity contribution >= 4 is 0 Å². The van der Waals surface area contributed by atoms with Gasteiger partial charge < -0.3 is 0 Å². The second kappa shape index (κ2) is 12.4. The lowest BCUT2D eigenvalue weighted by molar-refractivity contribution is -0.421. The van der Waals surface area contributed by atoms with Crippen LogP contribution in [0, 0.1) is 0 Å². The van der Waals surface area contributed by atoms with Gasteiger partial charge in [0.2, 0.25) is 0 Å². The van der Waals surface area contributed by atoms with E-state index in [4.69, 9.17) is 9.78 Å². The van der Waals surface area contributed by atoms with E-state index in [1.807, 2.05) is 0 Å². The van der Waals surface area contributed by atoms with Crippen LogP contribution in [-0.2, 0) is 9.78 Å². The maximum Gasteiger partial charge on any atom is 0.104 e. The van der Waals surface area contributed by atoms with E-state index in [9.17, 15) is 0 Å². The summed E-state index contributed by atoms with van der Waals surface area (Å²) in [7, 11) is 0. The summed E-state index contributed by atoms with van der Waals surface area (Å²) in [5.74, 6) is 0. The SMILES string of the molecule is CCCC(CCC)(CCC)OOC(CCC)(CCC)CCC. The molecule has 0 saturated heterocycles. The van der Waals surface area contributed by atoms with Gasteiger partial charge in [-0.05, 0) is 38.5 Å². The Hall–Kier alpha value is -0.0800. The van der Waals surface area contributed by atoms with E-state index in [1.165, 1.54) is 0 Å². The van der Waals surface area contributed by atoms with Crippen LogP contribution in [0.1, 0.15) is 119 Å². The van der Waals surface area contributed by atoms with Crippen molar-refractivity contribution in [1.82, 2.24) is 0 Å². The molecule has 0 radical (unpaired) electrons. The van der Waals surface area contributed by atoms with Crippen LogP contribution in [-0.4, -0.2) is 11.2 Å². The Kier molecular flexibility index (Phi) is 12.3. The average Bonchev–Trinajstić information content (AvgIpc) is 2.47. The lowest BCUT2D eigenvalue weighted by Crippen LogP contribution is -2.40. The molecule has 0 aromatic rings. The first-order chi connectivity index (χ1) is 10.6. The van der Waals surface area contributed by atoms with Gasteiger partial charge in [-0.3, -0.25) is 0 Å². The summed E-state index contributed by atoms with van der Waals surface area (Å²) in [4.78, 5) is 12.5. The molecular formula is C20H42O2. The minimum Gasteiger partial charge on any atom is -0.229 e. The van der Waals surface area contributed by atoms with Crippen molar-refractivity contribution < 1.29 is 9.78 Å². The second-order valence-corrected chi connectivity index (χ2v) is 7.03. The number of rotatable bonds is 15. The van der Waals surface area contributed by atoms with E-state index in [0.717, 1.165) is 77.0 Å². The Morgan fingerprint density at radius 3 is 0.727 bits per heavy atom. The zero-order valence-electron chi connectivity index (χ0n) is 16.3. The van der Waals surface area contributed by atoms with Gasteiger partial charge in [-0.2, -0.15) is 0 Å². The van der Waals surface area contributed by atoms with Crippen LogP contribution in [0.3, 0.4) is 0 Å².